The lowest BCUT2D eigenvalue weighted by Crippen LogP contribution is -2.10. The molecule has 0 bridgehead atoms. The number of benzene rings is 1. The third kappa shape index (κ3) is 2.55. The largest absolute Gasteiger partial charge is 0.417 e. The lowest BCUT2D eigenvalue weighted by molar-refractivity contribution is -0.385. The Labute approximate surface area is 98.8 Å². The second kappa shape index (κ2) is 4.72. The minimum absolute atomic E-state index is 0.157. The number of rotatable bonds is 2. The molecule has 0 radical (unpaired) electrons. The second-order valence-electron chi connectivity index (χ2n) is 3.24. The third-order valence-electron chi connectivity index (χ3n) is 2.07. The van der Waals surface area contributed by atoms with Gasteiger partial charge in [0.2, 0.25) is 0 Å². The van der Waals surface area contributed by atoms with Crippen LogP contribution in [0.15, 0.2) is 12.1 Å². The van der Waals surface area contributed by atoms with Crippen molar-refractivity contribution in [2.75, 3.05) is 0 Å². The molecule has 1 aromatic carbocycles. The Morgan fingerprint density at radius 2 is 1.94 bits per heavy atom. The molecule has 92 valence electrons. The van der Waals surface area contributed by atoms with Crippen molar-refractivity contribution < 1.29 is 18.1 Å². The third-order valence-corrected chi connectivity index (χ3v) is 2.07. The molecule has 0 saturated carbocycles. The molecule has 0 aromatic heterocycles. The molecule has 0 amide bonds. The van der Waals surface area contributed by atoms with Crippen molar-refractivity contribution in [3.63, 3.8) is 0 Å². The molecular formula is C10H4F3N3O2. The summed E-state index contributed by atoms with van der Waals surface area (Å²) in [5, 5.41) is 27.6. The topological polar surface area (TPSA) is 90.7 Å². The van der Waals surface area contributed by atoms with Crippen LogP contribution in [0.1, 0.15) is 16.7 Å². The van der Waals surface area contributed by atoms with Crippen LogP contribution in [0.2, 0.25) is 0 Å². The molecule has 1 aromatic rings. The van der Waals surface area contributed by atoms with Gasteiger partial charge in [-0.3, -0.25) is 10.1 Å². The smallest absolute Gasteiger partial charge is 0.258 e. The Morgan fingerprint density at radius 3 is 2.33 bits per heavy atom. The van der Waals surface area contributed by atoms with Gasteiger partial charge in [-0.1, -0.05) is 0 Å². The van der Waals surface area contributed by atoms with Gasteiger partial charge in [-0.2, -0.15) is 23.7 Å². The highest BCUT2D eigenvalue weighted by Crippen LogP contribution is 2.36. The zero-order chi connectivity index (χ0) is 13.9. The van der Waals surface area contributed by atoms with Gasteiger partial charge in [0.05, 0.1) is 23.0 Å². The Balaban J connectivity index is 3.64. The Kier molecular flexibility index (Phi) is 3.53. The first kappa shape index (κ1) is 13.5. The Bertz CT molecular complexity index is 582. The highest BCUT2D eigenvalue weighted by molar-refractivity contribution is 5.56. The van der Waals surface area contributed by atoms with Gasteiger partial charge in [-0.05, 0) is 11.6 Å². The van der Waals surface area contributed by atoms with E-state index in [1.165, 1.54) is 6.07 Å². The number of halogens is 3. The van der Waals surface area contributed by atoms with Crippen molar-refractivity contribution in [2.45, 2.75) is 12.6 Å². The Morgan fingerprint density at radius 1 is 1.33 bits per heavy atom. The van der Waals surface area contributed by atoms with Crippen molar-refractivity contribution in [1.29, 1.82) is 10.5 Å². The van der Waals surface area contributed by atoms with E-state index in [0.717, 1.165) is 6.07 Å². The first-order chi connectivity index (χ1) is 8.31. The van der Waals surface area contributed by atoms with E-state index in [1.54, 1.807) is 6.07 Å². The number of nitro groups is 1. The summed E-state index contributed by atoms with van der Waals surface area (Å²) >= 11 is 0. The van der Waals surface area contributed by atoms with E-state index >= 15 is 0 Å². The fraction of sp³-hybridized carbons (Fsp3) is 0.200. The van der Waals surface area contributed by atoms with Crippen LogP contribution in [0, 0.1) is 32.8 Å². The van der Waals surface area contributed by atoms with Gasteiger partial charge in [-0.25, -0.2) is 0 Å². The quantitative estimate of drug-likeness (QED) is 0.599. The SMILES string of the molecule is N#CCc1cc([N+](=O)[O-])c(C#N)c(C(F)(F)F)c1. The van der Waals surface area contributed by atoms with Gasteiger partial charge in [0.1, 0.15) is 11.6 Å². The van der Waals surface area contributed by atoms with Gasteiger partial charge >= 0.3 is 6.18 Å². The molecule has 0 aliphatic carbocycles. The molecule has 0 fully saturated rings. The van der Waals surface area contributed by atoms with Gasteiger partial charge in [0, 0.05) is 6.07 Å². The van der Waals surface area contributed by atoms with Crippen molar-refractivity contribution in [1.82, 2.24) is 0 Å². The van der Waals surface area contributed by atoms with Crippen LogP contribution in [0.4, 0.5) is 18.9 Å². The van der Waals surface area contributed by atoms with E-state index in [1.807, 2.05) is 0 Å². The highest BCUT2D eigenvalue weighted by Gasteiger charge is 2.37. The first-order valence-electron chi connectivity index (χ1n) is 4.46. The number of hydrogen-bond donors (Lipinski definition) is 0. The average molecular weight is 255 g/mol. The molecular weight excluding hydrogens is 251 g/mol. The van der Waals surface area contributed by atoms with E-state index < -0.39 is 34.3 Å². The van der Waals surface area contributed by atoms with Crippen LogP contribution in [-0.2, 0) is 12.6 Å². The minimum atomic E-state index is -4.89. The maximum Gasteiger partial charge on any atom is 0.417 e. The van der Waals surface area contributed by atoms with Gasteiger partial charge in [0.15, 0.2) is 0 Å². The maximum atomic E-state index is 12.6. The fourth-order valence-electron chi connectivity index (χ4n) is 1.36. The normalized spacial score (nSPS) is 10.5. The molecule has 0 spiro atoms. The molecule has 0 aliphatic rings. The number of nitro benzene ring substituents is 1. The highest BCUT2D eigenvalue weighted by atomic mass is 19.4. The molecule has 0 unspecified atom stereocenters. The summed E-state index contributed by atoms with van der Waals surface area (Å²) in [6.07, 6.45) is -5.29. The summed E-state index contributed by atoms with van der Waals surface area (Å²) < 4.78 is 37.9. The van der Waals surface area contributed by atoms with Crippen molar-refractivity contribution in [3.8, 4) is 12.1 Å². The summed E-state index contributed by atoms with van der Waals surface area (Å²) in [5.74, 6) is 0. The zero-order valence-corrected chi connectivity index (χ0v) is 8.65. The van der Waals surface area contributed by atoms with Crippen LogP contribution in [-0.4, -0.2) is 4.92 Å². The lowest BCUT2D eigenvalue weighted by atomic mass is 10.0. The van der Waals surface area contributed by atoms with Crippen LogP contribution in [0.5, 0.6) is 0 Å². The van der Waals surface area contributed by atoms with Crippen molar-refractivity contribution >= 4 is 5.69 Å². The monoisotopic (exact) mass is 255 g/mol. The molecule has 0 N–H and O–H groups in total. The van der Waals surface area contributed by atoms with Crippen LogP contribution >= 0.6 is 0 Å². The fourth-order valence-corrected chi connectivity index (χ4v) is 1.36. The van der Waals surface area contributed by atoms with Crippen molar-refractivity contribution in [3.05, 3.63) is 38.9 Å². The standard InChI is InChI=1S/C10H4F3N3O2/c11-10(12,13)8-3-6(1-2-14)4-9(16(17)18)7(8)5-15/h3-4H,1H2. The van der Waals surface area contributed by atoms with Gasteiger partial charge in [-0.15, -0.1) is 0 Å². The summed E-state index contributed by atoms with van der Waals surface area (Å²) in [7, 11) is 0. The number of nitriles is 2. The zero-order valence-electron chi connectivity index (χ0n) is 8.65. The molecule has 1 rings (SSSR count). The van der Waals surface area contributed by atoms with E-state index in [-0.39, 0.29) is 5.56 Å². The second-order valence-corrected chi connectivity index (χ2v) is 3.24. The maximum absolute atomic E-state index is 12.6. The summed E-state index contributed by atoms with van der Waals surface area (Å²) in [5.41, 5.74) is -3.55. The molecule has 18 heavy (non-hydrogen) atoms. The average Bonchev–Trinajstić information content (AvgIpc) is 2.27. The minimum Gasteiger partial charge on any atom is -0.258 e. The lowest BCUT2D eigenvalue weighted by Gasteiger charge is -2.10. The predicted molar refractivity (Wildman–Crippen MR) is 52.1 cm³/mol. The first-order valence-corrected chi connectivity index (χ1v) is 4.46. The number of nitrogens with zero attached hydrogens (tertiary/aromatic N) is 3. The molecule has 0 atom stereocenters. The van der Waals surface area contributed by atoms with E-state index in [0.29, 0.717) is 6.07 Å². The van der Waals surface area contributed by atoms with Crippen LogP contribution in [0.25, 0.3) is 0 Å². The van der Waals surface area contributed by atoms with E-state index in [9.17, 15) is 23.3 Å². The summed E-state index contributed by atoms with van der Waals surface area (Å²) in [6.45, 7) is 0. The number of alkyl halides is 3. The molecule has 0 saturated heterocycles. The number of hydrogen-bond acceptors (Lipinski definition) is 4. The van der Waals surface area contributed by atoms with Crippen LogP contribution < -0.4 is 0 Å². The van der Waals surface area contributed by atoms with Gasteiger partial charge < -0.3 is 0 Å². The van der Waals surface area contributed by atoms with Crippen molar-refractivity contribution in [2.24, 2.45) is 0 Å². The van der Waals surface area contributed by atoms with E-state index in [4.69, 9.17) is 10.5 Å². The molecule has 0 aliphatic heterocycles. The predicted octanol–water partition coefficient (Wildman–Crippen LogP) is 2.55. The molecule has 5 nitrogen and oxygen atoms in total. The summed E-state index contributed by atoms with van der Waals surface area (Å²) in [6, 6.07) is 4.15. The summed E-state index contributed by atoms with van der Waals surface area (Å²) in [4.78, 5) is 9.55. The molecule has 8 heteroatoms. The van der Waals surface area contributed by atoms with Gasteiger partial charge in [0.25, 0.3) is 5.69 Å². The van der Waals surface area contributed by atoms with Crippen LogP contribution in [0.3, 0.4) is 0 Å². The molecule has 0 heterocycles. The Hall–Kier alpha value is -2.61. The van der Waals surface area contributed by atoms with E-state index in [2.05, 4.69) is 0 Å².